The van der Waals surface area contributed by atoms with Crippen molar-refractivity contribution in [3.8, 4) is 0 Å². The molecule has 5 atom stereocenters. The number of fused-ring (bicyclic) bond motifs is 1. The van der Waals surface area contributed by atoms with Crippen LogP contribution in [0.3, 0.4) is 0 Å². The number of carbonyl (C=O) groups excluding carboxylic acids is 1. The topological polar surface area (TPSA) is 65.0 Å². The van der Waals surface area contributed by atoms with Crippen LogP contribution in [0.15, 0.2) is 24.8 Å². The van der Waals surface area contributed by atoms with E-state index in [2.05, 4.69) is 46.5 Å². The summed E-state index contributed by atoms with van der Waals surface area (Å²) in [7, 11) is -0.302. The molecule has 0 amide bonds. The lowest BCUT2D eigenvalue weighted by molar-refractivity contribution is -0.179. The van der Waals surface area contributed by atoms with Gasteiger partial charge in [0.15, 0.2) is 14.6 Å². The maximum Gasteiger partial charge on any atom is 0.309 e. The molecular weight excluding hydrogens is 360 g/mol. The molecule has 0 spiro atoms. The first-order valence-electron chi connectivity index (χ1n) is 9.84. The van der Waals surface area contributed by atoms with Gasteiger partial charge < -0.3 is 19.0 Å². The van der Waals surface area contributed by atoms with E-state index in [-0.39, 0.29) is 28.8 Å². The van der Waals surface area contributed by atoms with Crippen molar-refractivity contribution < 1.29 is 23.8 Å². The van der Waals surface area contributed by atoms with Gasteiger partial charge in [-0.3, -0.25) is 4.79 Å². The molecule has 1 N–H and O–H groups in total. The summed E-state index contributed by atoms with van der Waals surface area (Å²) in [6.07, 6.45) is 6.75. The van der Waals surface area contributed by atoms with Gasteiger partial charge in [-0.05, 0) is 31.0 Å². The van der Waals surface area contributed by atoms with Crippen LogP contribution in [-0.4, -0.2) is 46.0 Å². The standard InChI is InChI=1S/C21H36O5Si/c1-8-21-15(17(18(22)24-5)16(21)14-25-19(21)23)12-10-9-11-13-26-27(6,7)20(2,3)4/h8,10,12,15-17,19,23H,1,9,11,13-14H2,2-7H3/b12-10+/t15-,16-,17+,19+,21+/m0/s1. The molecule has 27 heavy (non-hydrogen) atoms. The van der Waals surface area contributed by atoms with Crippen molar-refractivity contribution in [2.45, 2.75) is 58.0 Å². The third kappa shape index (κ3) is 3.95. The molecule has 1 saturated heterocycles. The van der Waals surface area contributed by atoms with Crippen molar-refractivity contribution in [1.82, 2.24) is 0 Å². The van der Waals surface area contributed by atoms with Crippen LogP contribution >= 0.6 is 0 Å². The van der Waals surface area contributed by atoms with Crippen molar-refractivity contribution in [1.29, 1.82) is 0 Å². The Morgan fingerprint density at radius 3 is 2.63 bits per heavy atom. The number of aliphatic hydroxyl groups is 1. The largest absolute Gasteiger partial charge is 0.469 e. The van der Waals surface area contributed by atoms with Gasteiger partial charge in [-0.1, -0.05) is 39.0 Å². The first-order valence-corrected chi connectivity index (χ1v) is 12.8. The summed E-state index contributed by atoms with van der Waals surface area (Å²) >= 11 is 0. The van der Waals surface area contributed by atoms with Crippen LogP contribution in [-0.2, 0) is 18.7 Å². The molecule has 0 aromatic heterocycles. The van der Waals surface area contributed by atoms with Crippen molar-refractivity contribution in [3.05, 3.63) is 24.8 Å². The Bertz CT molecular complexity index is 580. The summed E-state index contributed by atoms with van der Waals surface area (Å²) in [5.41, 5.74) is -0.590. The van der Waals surface area contributed by atoms with Crippen LogP contribution in [0, 0.1) is 23.2 Å². The lowest BCUT2D eigenvalue weighted by Crippen LogP contribution is -2.60. The fourth-order valence-corrected chi connectivity index (χ4v) is 5.13. The molecule has 5 nitrogen and oxygen atoms in total. The number of esters is 1. The number of unbranched alkanes of at least 4 members (excludes halogenated alkanes) is 1. The van der Waals surface area contributed by atoms with Crippen LogP contribution in [0.2, 0.25) is 18.1 Å². The molecule has 154 valence electrons. The van der Waals surface area contributed by atoms with E-state index >= 15 is 0 Å². The van der Waals surface area contributed by atoms with Gasteiger partial charge in [-0.15, -0.1) is 6.58 Å². The smallest absolute Gasteiger partial charge is 0.309 e. The molecule has 0 aromatic rings. The van der Waals surface area contributed by atoms with E-state index in [1.54, 1.807) is 6.08 Å². The van der Waals surface area contributed by atoms with Crippen molar-refractivity contribution >= 4 is 14.3 Å². The van der Waals surface area contributed by atoms with Crippen LogP contribution in [0.1, 0.15) is 33.6 Å². The number of methoxy groups -OCH3 is 1. The minimum atomic E-state index is -1.71. The van der Waals surface area contributed by atoms with E-state index in [0.717, 1.165) is 19.4 Å². The average Bonchev–Trinajstić information content (AvgIpc) is 2.85. The SMILES string of the molecule is C=C[C@]12[C@H](O)OC[C@H]1[C@H](C(=O)OC)[C@@H]2/C=C/CCCO[Si](C)(C)C(C)(C)C. The number of carbonyl (C=O) groups is 1. The summed E-state index contributed by atoms with van der Waals surface area (Å²) in [5.74, 6) is -0.753. The summed E-state index contributed by atoms with van der Waals surface area (Å²) in [6.45, 7) is 16.2. The third-order valence-corrected chi connectivity index (χ3v) is 11.4. The van der Waals surface area contributed by atoms with E-state index in [1.165, 1.54) is 7.11 Å². The molecule has 6 heteroatoms. The van der Waals surface area contributed by atoms with Gasteiger partial charge in [0.05, 0.1) is 25.0 Å². The predicted octanol–water partition coefficient (Wildman–Crippen LogP) is 3.90. The van der Waals surface area contributed by atoms with E-state index in [9.17, 15) is 9.90 Å². The van der Waals surface area contributed by atoms with Gasteiger partial charge in [0.25, 0.3) is 0 Å². The molecule has 1 saturated carbocycles. The van der Waals surface area contributed by atoms with E-state index in [0.29, 0.717) is 6.61 Å². The summed E-state index contributed by atoms with van der Waals surface area (Å²) in [4.78, 5) is 12.2. The zero-order chi connectivity index (χ0) is 20.5. The van der Waals surface area contributed by atoms with Crippen LogP contribution in [0.5, 0.6) is 0 Å². The second-order valence-electron chi connectivity index (χ2n) is 9.25. The zero-order valence-electron chi connectivity index (χ0n) is 17.7. The monoisotopic (exact) mass is 396 g/mol. The molecule has 1 heterocycles. The third-order valence-electron chi connectivity index (χ3n) is 6.86. The molecule has 0 aromatic carbocycles. The van der Waals surface area contributed by atoms with Gasteiger partial charge in [0, 0.05) is 18.4 Å². The number of ether oxygens (including phenoxy) is 2. The average molecular weight is 397 g/mol. The van der Waals surface area contributed by atoms with E-state index in [1.807, 2.05) is 6.08 Å². The van der Waals surface area contributed by atoms with E-state index < -0.39 is 20.0 Å². The number of allylic oxidation sites excluding steroid dienone is 2. The lowest BCUT2D eigenvalue weighted by atomic mass is 9.47. The Morgan fingerprint density at radius 1 is 1.41 bits per heavy atom. The van der Waals surface area contributed by atoms with Crippen LogP contribution in [0.4, 0.5) is 0 Å². The molecule has 2 rings (SSSR count). The Hall–Kier alpha value is -0.953. The van der Waals surface area contributed by atoms with Gasteiger partial charge in [-0.25, -0.2) is 0 Å². The normalized spacial score (nSPS) is 33.6. The molecule has 0 radical (unpaired) electrons. The highest BCUT2D eigenvalue weighted by atomic mass is 28.4. The molecule has 0 unspecified atom stereocenters. The summed E-state index contributed by atoms with van der Waals surface area (Å²) < 4.78 is 16.6. The Morgan fingerprint density at radius 2 is 2.07 bits per heavy atom. The number of rotatable bonds is 8. The highest BCUT2D eigenvalue weighted by Gasteiger charge is 2.69. The molecule has 0 bridgehead atoms. The number of hydrogen-bond acceptors (Lipinski definition) is 5. The summed E-state index contributed by atoms with van der Waals surface area (Å²) in [5, 5.41) is 10.5. The van der Waals surface area contributed by atoms with Crippen LogP contribution < -0.4 is 0 Å². The lowest BCUT2D eigenvalue weighted by Gasteiger charge is -2.54. The second kappa shape index (κ2) is 8.19. The van der Waals surface area contributed by atoms with Crippen molar-refractivity contribution in [2.24, 2.45) is 23.2 Å². The second-order valence-corrected chi connectivity index (χ2v) is 14.1. The van der Waals surface area contributed by atoms with Gasteiger partial charge >= 0.3 is 5.97 Å². The number of aliphatic hydroxyl groups excluding tert-OH is 1. The van der Waals surface area contributed by atoms with E-state index in [4.69, 9.17) is 13.9 Å². The molecular formula is C21H36O5Si. The van der Waals surface area contributed by atoms with Gasteiger partial charge in [0.2, 0.25) is 0 Å². The Kier molecular flexibility index (Phi) is 6.78. The van der Waals surface area contributed by atoms with Crippen LogP contribution in [0.25, 0.3) is 0 Å². The Labute approximate surface area is 164 Å². The van der Waals surface area contributed by atoms with Gasteiger partial charge in [-0.2, -0.15) is 0 Å². The minimum absolute atomic E-state index is 0.0750. The fraction of sp³-hybridized carbons (Fsp3) is 0.762. The molecule has 1 aliphatic heterocycles. The molecule has 2 aliphatic rings. The highest BCUT2D eigenvalue weighted by molar-refractivity contribution is 6.74. The highest BCUT2D eigenvalue weighted by Crippen LogP contribution is 2.63. The quantitative estimate of drug-likeness (QED) is 0.292. The zero-order valence-corrected chi connectivity index (χ0v) is 18.7. The summed E-state index contributed by atoms with van der Waals surface area (Å²) in [6, 6.07) is 0. The fourth-order valence-electron chi connectivity index (χ4n) is 4.05. The maximum atomic E-state index is 12.2. The molecule has 1 aliphatic carbocycles. The maximum absolute atomic E-state index is 12.2. The first-order chi connectivity index (χ1) is 12.5. The van der Waals surface area contributed by atoms with Crippen molar-refractivity contribution in [2.75, 3.05) is 20.3 Å². The van der Waals surface area contributed by atoms with Crippen molar-refractivity contribution in [3.63, 3.8) is 0 Å². The first kappa shape index (κ1) is 22.3. The Balaban J connectivity index is 1.94. The predicted molar refractivity (Wildman–Crippen MR) is 109 cm³/mol. The number of hydrogen-bond donors (Lipinski definition) is 1. The molecule has 2 fully saturated rings. The minimum Gasteiger partial charge on any atom is -0.469 e. The van der Waals surface area contributed by atoms with Gasteiger partial charge in [0.1, 0.15) is 0 Å².